The second-order valence-corrected chi connectivity index (χ2v) is 8.55. The van der Waals surface area contributed by atoms with Crippen molar-refractivity contribution in [2.24, 2.45) is 5.92 Å². The highest BCUT2D eigenvalue weighted by molar-refractivity contribution is 6.33. The Kier molecular flexibility index (Phi) is 5.17. The second-order valence-electron chi connectivity index (χ2n) is 8.14. The van der Waals surface area contributed by atoms with Gasteiger partial charge >= 0.3 is 0 Å². The Balaban J connectivity index is 1.68. The van der Waals surface area contributed by atoms with Crippen LogP contribution < -0.4 is 0 Å². The van der Waals surface area contributed by atoms with E-state index in [0.29, 0.717) is 16.5 Å². The summed E-state index contributed by atoms with van der Waals surface area (Å²) in [6.45, 7) is 4.05. The Morgan fingerprint density at radius 1 is 1.15 bits per heavy atom. The summed E-state index contributed by atoms with van der Waals surface area (Å²) in [5.74, 6) is 0.443. The lowest BCUT2D eigenvalue weighted by Gasteiger charge is -2.43. The van der Waals surface area contributed by atoms with Gasteiger partial charge < -0.3 is 9.64 Å². The molecule has 1 saturated carbocycles. The Bertz CT molecular complexity index is 724. The van der Waals surface area contributed by atoms with Crippen LogP contribution in [0.3, 0.4) is 0 Å². The SMILES string of the molecule is CC1CCC2(CC1)OC[C@@H](C(=O)N1CCCC1)N2C(=O)c1ccccc1Cl. The summed E-state index contributed by atoms with van der Waals surface area (Å²) in [6.07, 6.45) is 5.59. The minimum Gasteiger partial charge on any atom is -0.353 e. The molecule has 146 valence electrons. The van der Waals surface area contributed by atoms with E-state index < -0.39 is 11.8 Å². The van der Waals surface area contributed by atoms with E-state index in [4.69, 9.17) is 16.3 Å². The summed E-state index contributed by atoms with van der Waals surface area (Å²) >= 11 is 6.32. The van der Waals surface area contributed by atoms with Gasteiger partial charge in [-0.15, -0.1) is 0 Å². The van der Waals surface area contributed by atoms with Gasteiger partial charge in [0.05, 0.1) is 17.2 Å². The van der Waals surface area contributed by atoms with Crippen LogP contribution in [0.25, 0.3) is 0 Å². The van der Waals surface area contributed by atoms with Gasteiger partial charge in [-0.2, -0.15) is 0 Å². The average molecular weight is 391 g/mol. The van der Waals surface area contributed by atoms with Gasteiger partial charge in [0.15, 0.2) is 0 Å². The summed E-state index contributed by atoms with van der Waals surface area (Å²) in [5, 5.41) is 0.418. The fourth-order valence-electron chi connectivity index (χ4n) is 4.68. The molecule has 0 N–H and O–H groups in total. The molecule has 4 rings (SSSR count). The molecule has 27 heavy (non-hydrogen) atoms. The number of halogens is 1. The number of ether oxygens (including phenoxy) is 1. The predicted octanol–water partition coefficient (Wildman–Crippen LogP) is 3.71. The van der Waals surface area contributed by atoms with Crippen molar-refractivity contribution < 1.29 is 14.3 Å². The molecule has 0 aromatic heterocycles. The number of nitrogens with zero attached hydrogens (tertiary/aromatic N) is 2. The van der Waals surface area contributed by atoms with Crippen LogP contribution in [0.4, 0.5) is 0 Å². The zero-order valence-corrected chi connectivity index (χ0v) is 16.6. The summed E-state index contributed by atoms with van der Waals surface area (Å²) < 4.78 is 6.23. The third-order valence-corrected chi connectivity index (χ3v) is 6.67. The Hall–Kier alpha value is -1.59. The first-order valence-corrected chi connectivity index (χ1v) is 10.4. The van der Waals surface area contributed by atoms with E-state index in [-0.39, 0.29) is 18.4 Å². The monoisotopic (exact) mass is 390 g/mol. The highest BCUT2D eigenvalue weighted by Crippen LogP contribution is 2.43. The van der Waals surface area contributed by atoms with E-state index >= 15 is 0 Å². The number of hydrogen-bond donors (Lipinski definition) is 0. The first-order valence-electron chi connectivity index (χ1n) is 10.0. The minimum absolute atomic E-state index is 0.0170. The third kappa shape index (κ3) is 3.36. The molecule has 0 radical (unpaired) electrons. The highest BCUT2D eigenvalue weighted by atomic mass is 35.5. The average Bonchev–Trinajstić information content (AvgIpc) is 3.32. The maximum Gasteiger partial charge on any atom is 0.258 e. The number of hydrogen-bond acceptors (Lipinski definition) is 3. The summed E-state index contributed by atoms with van der Waals surface area (Å²) in [4.78, 5) is 30.3. The van der Waals surface area contributed by atoms with E-state index in [1.165, 1.54) is 0 Å². The van der Waals surface area contributed by atoms with Crippen LogP contribution in [0.2, 0.25) is 5.02 Å². The predicted molar refractivity (Wildman–Crippen MR) is 104 cm³/mol. The summed E-state index contributed by atoms with van der Waals surface area (Å²) in [7, 11) is 0. The zero-order valence-electron chi connectivity index (χ0n) is 15.8. The van der Waals surface area contributed by atoms with E-state index in [2.05, 4.69) is 6.92 Å². The summed E-state index contributed by atoms with van der Waals surface area (Å²) in [5.41, 5.74) is -0.232. The number of amides is 2. The number of rotatable bonds is 2. The fraction of sp³-hybridized carbons (Fsp3) is 0.619. The molecule has 1 aromatic carbocycles. The van der Waals surface area contributed by atoms with E-state index in [1.807, 2.05) is 17.0 Å². The van der Waals surface area contributed by atoms with Crippen molar-refractivity contribution in [3.8, 4) is 0 Å². The Morgan fingerprint density at radius 3 is 2.48 bits per heavy atom. The molecule has 2 heterocycles. The molecule has 2 aliphatic heterocycles. The third-order valence-electron chi connectivity index (χ3n) is 6.34. The molecular formula is C21H27ClN2O3. The molecule has 0 unspecified atom stereocenters. The topological polar surface area (TPSA) is 49.9 Å². The van der Waals surface area contributed by atoms with Gasteiger partial charge in [0, 0.05) is 13.1 Å². The molecular weight excluding hydrogens is 364 g/mol. The highest BCUT2D eigenvalue weighted by Gasteiger charge is 2.54. The van der Waals surface area contributed by atoms with Crippen molar-refractivity contribution in [1.82, 2.24) is 9.80 Å². The molecule has 1 atom stereocenters. The Labute approximate surface area is 165 Å². The lowest BCUT2D eigenvalue weighted by Crippen LogP contribution is -2.57. The van der Waals surface area contributed by atoms with Crippen molar-refractivity contribution in [2.45, 2.75) is 57.2 Å². The first-order chi connectivity index (χ1) is 13.0. The number of likely N-dealkylation sites (tertiary alicyclic amines) is 1. The number of carbonyl (C=O) groups excluding carboxylic acids is 2. The van der Waals surface area contributed by atoms with E-state index in [9.17, 15) is 9.59 Å². The molecule has 3 aliphatic rings. The van der Waals surface area contributed by atoms with Crippen molar-refractivity contribution in [2.75, 3.05) is 19.7 Å². The van der Waals surface area contributed by atoms with Gasteiger partial charge in [0.1, 0.15) is 11.8 Å². The fourth-order valence-corrected chi connectivity index (χ4v) is 4.90. The largest absolute Gasteiger partial charge is 0.353 e. The molecule has 5 nitrogen and oxygen atoms in total. The van der Waals surface area contributed by atoms with Gasteiger partial charge in [-0.25, -0.2) is 0 Å². The van der Waals surface area contributed by atoms with Crippen LogP contribution in [0, 0.1) is 5.92 Å². The van der Waals surface area contributed by atoms with Gasteiger partial charge in [0.25, 0.3) is 5.91 Å². The number of benzene rings is 1. The minimum atomic E-state index is -0.678. The Morgan fingerprint density at radius 2 is 1.81 bits per heavy atom. The van der Waals surface area contributed by atoms with Gasteiger partial charge in [-0.05, 0) is 56.6 Å². The lowest BCUT2D eigenvalue weighted by atomic mass is 9.83. The maximum atomic E-state index is 13.5. The molecule has 0 bridgehead atoms. The quantitative estimate of drug-likeness (QED) is 0.773. The van der Waals surface area contributed by atoms with Crippen molar-refractivity contribution in [1.29, 1.82) is 0 Å². The smallest absolute Gasteiger partial charge is 0.258 e. The molecule has 2 saturated heterocycles. The van der Waals surface area contributed by atoms with E-state index in [0.717, 1.165) is 51.6 Å². The molecule has 1 aromatic rings. The van der Waals surface area contributed by atoms with Crippen LogP contribution in [0.1, 0.15) is 55.8 Å². The van der Waals surface area contributed by atoms with Crippen molar-refractivity contribution in [3.63, 3.8) is 0 Å². The van der Waals surface area contributed by atoms with Gasteiger partial charge in [-0.3, -0.25) is 14.5 Å². The van der Waals surface area contributed by atoms with Gasteiger partial charge in [0.2, 0.25) is 5.91 Å². The van der Waals surface area contributed by atoms with Crippen LogP contribution in [0.15, 0.2) is 24.3 Å². The van der Waals surface area contributed by atoms with E-state index in [1.54, 1.807) is 17.0 Å². The van der Waals surface area contributed by atoms with Crippen LogP contribution >= 0.6 is 11.6 Å². The standard InChI is InChI=1S/C21H27ClN2O3/c1-15-8-10-21(11-9-15)24(19(25)16-6-2-3-7-17(16)22)18(14-27-21)20(26)23-12-4-5-13-23/h2-3,6-7,15,18H,4-5,8-14H2,1H3/t15?,18-,21?/m0/s1. The maximum absolute atomic E-state index is 13.5. The van der Waals surface area contributed by atoms with Gasteiger partial charge in [-0.1, -0.05) is 30.7 Å². The second kappa shape index (κ2) is 7.44. The molecule has 3 fully saturated rings. The van der Waals surface area contributed by atoms with Crippen LogP contribution in [-0.2, 0) is 9.53 Å². The first kappa shape index (κ1) is 18.8. The number of carbonyl (C=O) groups is 2. The zero-order chi connectivity index (χ0) is 19.0. The van der Waals surface area contributed by atoms with Crippen LogP contribution in [0.5, 0.6) is 0 Å². The molecule has 6 heteroatoms. The molecule has 1 aliphatic carbocycles. The molecule has 1 spiro atoms. The van der Waals surface area contributed by atoms with Crippen molar-refractivity contribution >= 4 is 23.4 Å². The van der Waals surface area contributed by atoms with Crippen molar-refractivity contribution in [3.05, 3.63) is 34.9 Å². The normalized spacial score (nSPS) is 30.9. The molecule has 2 amide bonds. The summed E-state index contributed by atoms with van der Waals surface area (Å²) in [6, 6.07) is 6.52. The van der Waals surface area contributed by atoms with Crippen LogP contribution in [-0.4, -0.2) is 53.1 Å². The lowest BCUT2D eigenvalue weighted by molar-refractivity contribution is -0.136.